The van der Waals surface area contributed by atoms with Gasteiger partial charge in [-0.05, 0) is 50.1 Å². The maximum absolute atomic E-state index is 12.3. The van der Waals surface area contributed by atoms with Crippen LogP contribution in [0.5, 0.6) is 0 Å². The highest BCUT2D eigenvalue weighted by molar-refractivity contribution is 6.05. The van der Waals surface area contributed by atoms with Gasteiger partial charge in [0.05, 0.1) is 11.8 Å². The fourth-order valence-corrected chi connectivity index (χ4v) is 2.93. The first-order chi connectivity index (χ1) is 11.8. The van der Waals surface area contributed by atoms with E-state index in [0.29, 0.717) is 11.3 Å². The monoisotopic (exact) mass is 336 g/mol. The number of anilines is 2. The number of fused-ring (bicyclic) bond motifs is 1. The minimum absolute atomic E-state index is 0.0369. The second kappa shape index (κ2) is 6.16. The molecule has 2 N–H and O–H groups in total. The Morgan fingerprint density at radius 1 is 1.12 bits per heavy atom. The molecule has 5 heteroatoms. The van der Waals surface area contributed by atoms with Crippen LogP contribution in [0.2, 0.25) is 0 Å². The first-order valence-corrected chi connectivity index (χ1v) is 8.13. The molecule has 128 valence electrons. The number of ketones is 1. The SMILES string of the molecule is CC(=O)c1cccc(NC(=O)Cc2ccc3c(c2)C(C)(C)C(=O)N3)c1. The second-order valence-corrected chi connectivity index (χ2v) is 6.82. The number of carbonyl (C=O) groups is 3. The summed E-state index contributed by atoms with van der Waals surface area (Å²) in [6.45, 7) is 5.22. The predicted molar refractivity (Wildman–Crippen MR) is 96.9 cm³/mol. The summed E-state index contributed by atoms with van der Waals surface area (Å²) >= 11 is 0. The molecule has 0 unspecified atom stereocenters. The summed E-state index contributed by atoms with van der Waals surface area (Å²) in [4.78, 5) is 35.7. The quantitative estimate of drug-likeness (QED) is 0.841. The van der Waals surface area contributed by atoms with Gasteiger partial charge in [0.1, 0.15) is 0 Å². The predicted octanol–water partition coefficient (Wildman–Crippen LogP) is 3.30. The van der Waals surface area contributed by atoms with Crippen LogP contribution in [0, 0.1) is 0 Å². The largest absolute Gasteiger partial charge is 0.326 e. The fourth-order valence-electron chi connectivity index (χ4n) is 2.93. The van der Waals surface area contributed by atoms with Crippen LogP contribution in [0.25, 0.3) is 0 Å². The molecule has 1 aliphatic heterocycles. The molecule has 0 saturated carbocycles. The molecule has 0 atom stereocenters. The lowest BCUT2D eigenvalue weighted by atomic mass is 9.85. The molecule has 2 amide bonds. The van der Waals surface area contributed by atoms with Gasteiger partial charge >= 0.3 is 0 Å². The van der Waals surface area contributed by atoms with Crippen molar-refractivity contribution in [1.82, 2.24) is 0 Å². The van der Waals surface area contributed by atoms with Gasteiger partial charge in [-0.1, -0.05) is 24.3 Å². The standard InChI is InChI=1S/C20H20N2O3/c1-12(23)14-5-4-6-15(11-14)21-18(24)10-13-7-8-17-16(9-13)20(2,3)19(25)22-17/h4-9,11H,10H2,1-3H3,(H,21,24)(H,22,25). The summed E-state index contributed by atoms with van der Waals surface area (Å²) in [7, 11) is 0. The molecule has 2 aromatic rings. The van der Waals surface area contributed by atoms with Gasteiger partial charge in [-0.3, -0.25) is 14.4 Å². The van der Waals surface area contributed by atoms with Crippen molar-refractivity contribution in [2.75, 3.05) is 10.6 Å². The zero-order valence-electron chi connectivity index (χ0n) is 14.5. The molecular weight excluding hydrogens is 316 g/mol. The normalized spacial score (nSPS) is 14.6. The van der Waals surface area contributed by atoms with Crippen LogP contribution in [0.3, 0.4) is 0 Å². The highest BCUT2D eigenvalue weighted by atomic mass is 16.2. The number of hydrogen-bond acceptors (Lipinski definition) is 3. The van der Waals surface area contributed by atoms with Crippen molar-refractivity contribution >= 4 is 29.0 Å². The molecule has 0 saturated heterocycles. The Balaban J connectivity index is 1.74. The topological polar surface area (TPSA) is 75.3 Å². The van der Waals surface area contributed by atoms with Crippen molar-refractivity contribution in [3.63, 3.8) is 0 Å². The third kappa shape index (κ3) is 3.31. The Bertz CT molecular complexity index is 884. The summed E-state index contributed by atoms with van der Waals surface area (Å²) in [5.41, 5.74) is 3.09. The van der Waals surface area contributed by atoms with Crippen LogP contribution in [-0.4, -0.2) is 17.6 Å². The van der Waals surface area contributed by atoms with Gasteiger partial charge in [0.25, 0.3) is 0 Å². The van der Waals surface area contributed by atoms with Gasteiger partial charge in [-0.15, -0.1) is 0 Å². The Hall–Kier alpha value is -2.95. The summed E-state index contributed by atoms with van der Waals surface area (Å²) in [5.74, 6) is -0.255. The van der Waals surface area contributed by atoms with E-state index < -0.39 is 5.41 Å². The highest BCUT2D eigenvalue weighted by Crippen LogP contribution is 2.37. The highest BCUT2D eigenvalue weighted by Gasteiger charge is 2.38. The van der Waals surface area contributed by atoms with Gasteiger partial charge in [0.15, 0.2) is 5.78 Å². The first kappa shape index (κ1) is 16.9. The fraction of sp³-hybridized carbons (Fsp3) is 0.250. The van der Waals surface area contributed by atoms with E-state index in [0.717, 1.165) is 16.8 Å². The minimum atomic E-state index is -0.600. The van der Waals surface area contributed by atoms with Crippen LogP contribution in [0.1, 0.15) is 42.3 Å². The van der Waals surface area contributed by atoms with E-state index in [1.807, 2.05) is 32.0 Å². The average Bonchev–Trinajstić information content (AvgIpc) is 2.77. The van der Waals surface area contributed by atoms with E-state index >= 15 is 0 Å². The van der Waals surface area contributed by atoms with E-state index in [2.05, 4.69) is 10.6 Å². The van der Waals surface area contributed by atoms with Gasteiger partial charge in [0.2, 0.25) is 11.8 Å². The lowest BCUT2D eigenvalue weighted by Crippen LogP contribution is -2.27. The number of rotatable bonds is 4. The minimum Gasteiger partial charge on any atom is -0.326 e. The Morgan fingerprint density at radius 2 is 1.88 bits per heavy atom. The number of amides is 2. The van der Waals surface area contributed by atoms with E-state index in [1.54, 1.807) is 24.3 Å². The lowest BCUT2D eigenvalue weighted by molar-refractivity contribution is -0.119. The smallest absolute Gasteiger partial charge is 0.234 e. The molecule has 0 fully saturated rings. The van der Waals surface area contributed by atoms with Crippen molar-refractivity contribution in [3.05, 3.63) is 59.2 Å². The van der Waals surface area contributed by atoms with Crippen LogP contribution in [0.4, 0.5) is 11.4 Å². The van der Waals surface area contributed by atoms with Crippen LogP contribution in [-0.2, 0) is 21.4 Å². The molecular formula is C20H20N2O3. The lowest BCUT2D eigenvalue weighted by Gasteiger charge is -2.15. The number of hydrogen-bond donors (Lipinski definition) is 2. The molecule has 5 nitrogen and oxygen atoms in total. The Morgan fingerprint density at radius 3 is 2.60 bits per heavy atom. The number of carbonyl (C=O) groups excluding carboxylic acids is 3. The molecule has 0 aliphatic carbocycles. The number of nitrogens with one attached hydrogen (secondary N) is 2. The molecule has 25 heavy (non-hydrogen) atoms. The van der Waals surface area contributed by atoms with E-state index in [4.69, 9.17) is 0 Å². The summed E-state index contributed by atoms with van der Waals surface area (Å²) in [6, 6.07) is 12.4. The average molecular weight is 336 g/mol. The van der Waals surface area contributed by atoms with Crippen LogP contribution in [0.15, 0.2) is 42.5 Å². The third-order valence-electron chi connectivity index (χ3n) is 4.49. The summed E-state index contributed by atoms with van der Waals surface area (Å²) in [5, 5.41) is 5.66. The maximum atomic E-state index is 12.3. The van der Waals surface area contributed by atoms with Crippen molar-refractivity contribution in [3.8, 4) is 0 Å². The van der Waals surface area contributed by atoms with Crippen LogP contribution >= 0.6 is 0 Å². The summed E-state index contributed by atoms with van der Waals surface area (Å²) in [6.07, 6.45) is 0.196. The number of benzene rings is 2. The molecule has 1 aliphatic rings. The van der Waals surface area contributed by atoms with Crippen molar-refractivity contribution in [2.45, 2.75) is 32.6 Å². The van der Waals surface area contributed by atoms with Crippen molar-refractivity contribution < 1.29 is 14.4 Å². The van der Waals surface area contributed by atoms with Crippen molar-refractivity contribution in [2.24, 2.45) is 0 Å². The second-order valence-electron chi connectivity index (χ2n) is 6.82. The van der Waals surface area contributed by atoms with Crippen molar-refractivity contribution in [1.29, 1.82) is 0 Å². The Labute approximate surface area is 146 Å². The molecule has 0 bridgehead atoms. The maximum Gasteiger partial charge on any atom is 0.234 e. The van der Waals surface area contributed by atoms with Gasteiger partial charge < -0.3 is 10.6 Å². The molecule has 0 spiro atoms. The van der Waals surface area contributed by atoms with E-state index in [9.17, 15) is 14.4 Å². The zero-order chi connectivity index (χ0) is 18.2. The molecule has 3 rings (SSSR count). The molecule has 2 aromatic carbocycles. The van der Waals surface area contributed by atoms with Gasteiger partial charge in [0, 0.05) is 16.9 Å². The summed E-state index contributed by atoms with van der Waals surface area (Å²) < 4.78 is 0. The molecule has 0 aromatic heterocycles. The molecule has 0 radical (unpaired) electrons. The first-order valence-electron chi connectivity index (χ1n) is 8.13. The van der Waals surface area contributed by atoms with E-state index in [-0.39, 0.29) is 24.0 Å². The zero-order valence-corrected chi connectivity index (χ0v) is 14.5. The van der Waals surface area contributed by atoms with Gasteiger partial charge in [-0.25, -0.2) is 0 Å². The van der Waals surface area contributed by atoms with Gasteiger partial charge in [-0.2, -0.15) is 0 Å². The number of Topliss-reactive ketones (excluding diaryl/α,β-unsaturated/α-hetero) is 1. The molecule has 1 heterocycles. The van der Waals surface area contributed by atoms with E-state index in [1.165, 1.54) is 6.92 Å². The van der Waals surface area contributed by atoms with Crippen LogP contribution < -0.4 is 10.6 Å². The Kier molecular flexibility index (Phi) is 4.17. The third-order valence-corrected chi connectivity index (χ3v) is 4.49.